The number of carbonyl (C=O) groups excluding carboxylic acids is 1. The lowest BCUT2D eigenvalue weighted by Gasteiger charge is -2.17. The van der Waals surface area contributed by atoms with Crippen molar-refractivity contribution in [2.45, 2.75) is 25.8 Å². The molecule has 0 aromatic heterocycles. The van der Waals surface area contributed by atoms with Gasteiger partial charge in [-0.05, 0) is 37.8 Å². The first kappa shape index (κ1) is 18.7. The summed E-state index contributed by atoms with van der Waals surface area (Å²) >= 11 is 0. The minimum atomic E-state index is -3.42. The van der Waals surface area contributed by atoms with Gasteiger partial charge in [0, 0.05) is 12.6 Å². The lowest BCUT2D eigenvalue weighted by Crippen LogP contribution is -2.42. The predicted molar refractivity (Wildman–Crippen MR) is 89.8 cm³/mol. The zero-order valence-electron chi connectivity index (χ0n) is 12.4. The molecule has 1 saturated carbocycles. The fourth-order valence-corrected chi connectivity index (χ4v) is 2.78. The van der Waals surface area contributed by atoms with Gasteiger partial charge in [-0.3, -0.25) is 9.52 Å². The highest BCUT2D eigenvalue weighted by molar-refractivity contribution is 7.92. The zero-order valence-corrected chi connectivity index (χ0v) is 14.0. The maximum atomic E-state index is 12.3. The van der Waals surface area contributed by atoms with Crippen molar-refractivity contribution in [2.75, 3.05) is 17.0 Å². The van der Waals surface area contributed by atoms with Gasteiger partial charge in [0.1, 0.15) is 0 Å². The molecule has 0 spiro atoms. The molecule has 0 heterocycles. The predicted octanol–water partition coefficient (Wildman–Crippen LogP) is 1.34. The van der Waals surface area contributed by atoms with E-state index >= 15 is 0 Å². The summed E-state index contributed by atoms with van der Waals surface area (Å²) in [7, 11) is -3.42. The van der Waals surface area contributed by atoms with Gasteiger partial charge in [-0.25, -0.2) is 8.42 Å². The summed E-state index contributed by atoms with van der Waals surface area (Å²) in [6, 6.07) is 6.52. The van der Waals surface area contributed by atoms with Crippen molar-refractivity contribution in [3.63, 3.8) is 0 Å². The summed E-state index contributed by atoms with van der Waals surface area (Å²) in [6.45, 7) is 1.93. The Kier molecular flexibility index (Phi) is 6.65. The number of benzene rings is 1. The molecule has 6 nitrogen and oxygen atoms in total. The summed E-state index contributed by atoms with van der Waals surface area (Å²) in [5.74, 6) is 0.0985. The second-order valence-corrected chi connectivity index (χ2v) is 7.22. The van der Waals surface area contributed by atoms with Crippen LogP contribution < -0.4 is 15.8 Å². The molecule has 1 aliphatic carbocycles. The van der Waals surface area contributed by atoms with Crippen LogP contribution in [-0.4, -0.2) is 32.7 Å². The van der Waals surface area contributed by atoms with E-state index in [4.69, 9.17) is 5.73 Å². The van der Waals surface area contributed by atoms with Gasteiger partial charge < -0.3 is 11.1 Å². The van der Waals surface area contributed by atoms with Crippen molar-refractivity contribution in [1.82, 2.24) is 5.32 Å². The van der Waals surface area contributed by atoms with Crippen molar-refractivity contribution in [2.24, 2.45) is 11.7 Å². The SMILES string of the molecule is CCS(=O)(=O)Nc1ccccc1C(=O)NC(CN)C1CC1.Cl. The zero-order chi connectivity index (χ0) is 15.5. The quantitative estimate of drug-likeness (QED) is 0.692. The highest BCUT2D eigenvalue weighted by Gasteiger charge is 2.31. The van der Waals surface area contributed by atoms with Gasteiger partial charge in [-0.2, -0.15) is 0 Å². The van der Waals surface area contributed by atoms with E-state index in [1.807, 2.05) is 0 Å². The molecule has 1 atom stereocenters. The molecule has 0 radical (unpaired) electrons. The van der Waals surface area contributed by atoms with Crippen molar-refractivity contribution >= 4 is 34.0 Å². The molecular weight excluding hydrogens is 326 g/mol. The number of nitrogens with one attached hydrogen (secondary N) is 2. The van der Waals surface area contributed by atoms with Crippen LogP contribution in [0, 0.1) is 5.92 Å². The Bertz CT molecular complexity index is 618. The maximum Gasteiger partial charge on any atom is 0.253 e. The van der Waals surface area contributed by atoms with Crippen LogP contribution in [0.5, 0.6) is 0 Å². The first-order valence-electron chi connectivity index (χ1n) is 7.07. The number of hydrogen-bond acceptors (Lipinski definition) is 4. The van der Waals surface area contributed by atoms with Crippen molar-refractivity contribution in [1.29, 1.82) is 0 Å². The molecule has 1 fully saturated rings. The Morgan fingerprint density at radius 1 is 1.36 bits per heavy atom. The van der Waals surface area contributed by atoms with Gasteiger partial charge in [0.2, 0.25) is 10.0 Å². The van der Waals surface area contributed by atoms with E-state index in [1.54, 1.807) is 31.2 Å². The van der Waals surface area contributed by atoms with Crippen LogP contribution in [0.25, 0.3) is 0 Å². The minimum Gasteiger partial charge on any atom is -0.348 e. The normalized spacial score (nSPS) is 15.5. The monoisotopic (exact) mass is 347 g/mol. The maximum absolute atomic E-state index is 12.3. The van der Waals surface area contributed by atoms with E-state index in [9.17, 15) is 13.2 Å². The number of sulfonamides is 1. The molecular formula is C14H22ClN3O3S. The Balaban J connectivity index is 0.00000242. The molecule has 0 aliphatic heterocycles. The second-order valence-electron chi connectivity index (χ2n) is 5.20. The van der Waals surface area contributed by atoms with Crippen LogP contribution in [0.15, 0.2) is 24.3 Å². The van der Waals surface area contributed by atoms with Gasteiger partial charge in [0.05, 0.1) is 17.0 Å². The smallest absolute Gasteiger partial charge is 0.253 e. The molecule has 8 heteroatoms. The fourth-order valence-electron chi connectivity index (χ4n) is 2.12. The number of anilines is 1. The lowest BCUT2D eigenvalue weighted by atomic mass is 10.1. The number of hydrogen-bond donors (Lipinski definition) is 3. The molecule has 0 saturated heterocycles. The standard InChI is InChI=1S/C14H21N3O3S.ClH/c1-2-21(19,20)17-12-6-4-3-5-11(12)14(18)16-13(9-15)10-7-8-10;/h3-6,10,13,17H,2,7-9,15H2,1H3,(H,16,18);1H. The van der Waals surface area contributed by atoms with Crippen LogP contribution >= 0.6 is 12.4 Å². The van der Waals surface area contributed by atoms with E-state index in [-0.39, 0.29) is 30.1 Å². The molecule has 1 aliphatic rings. The Morgan fingerprint density at radius 3 is 2.55 bits per heavy atom. The Morgan fingerprint density at radius 2 is 2.00 bits per heavy atom. The molecule has 22 heavy (non-hydrogen) atoms. The number of nitrogens with two attached hydrogens (primary N) is 1. The average Bonchev–Trinajstić information content (AvgIpc) is 3.29. The summed E-state index contributed by atoms with van der Waals surface area (Å²) in [4.78, 5) is 12.3. The summed E-state index contributed by atoms with van der Waals surface area (Å²) in [5, 5.41) is 2.89. The number of para-hydroxylation sites is 1. The van der Waals surface area contributed by atoms with Crippen molar-refractivity contribution in [3.8, 4) is 0 Å². The number of carbonyl (C=O) groups is 1. The molecule has 4 N–H and O–H groups in total. The highest BCUT2D eigenvalue weighted by atomic mass is 35.5. The molecule has 0 bridgehead atoms. The minimum absolute atomic E-state index is 0. The third kappa shape index (κ3) is 4.86. The largest absolute Gasteiger partial charge is 0.348 e. The van der Waals surface area contributed by atoms with E-state index in [0.29, 0.717) is 23.7 Å². The van der Waals surface area contributed by atoms with Crippen molar-refractivity contribution in [3.05, 3.63) is 29.8 Å². The van der Waals surface area contributed by atoms with Crippen molar-refractivity contribution < 1.29 is 13.2 Å². The second kappa shape index (κ2) is 7.80. The highest BCUT2D eigenvalue weighted by Crippen LogP contribution is 2.32. The Hall–Kier alpha value is -1.31. The van der Waals surface area contributed by atoms with Gasteiger partial charge in [-0.1, -0.05) is 12.1 Å². The van der Waals surface area contributed by atoms with Crippen LogP contribution in [0.2, 0.25) is 0 Å². The lowest BCUT2D eigenvalue weighted by molar-refractivity contribution is 0.0934. The first-order valence-corrected chi connectivity index (χ1v) is 8.72. The van der Waals surface area contributed by atoms with Crippen LogP contribution in [0.4, 0.5) is 5.69 Å². The number of amides is 1. The fraction of sp³-hybridized carbons (Fsp3) is 0.500. The molecule has 1 amide bonds. The summed E-state index contributed by atoms with van der Waals surface area (Å²) in [5.41, 5.74) is 6.28. The summed E-state index contributed by atoms with van der Waals surface area (Å²) < 4.78 is 25.8. The first-order chi connectivity index (χ1) is 9.96. The summed E-state index contributed by atoms with van der Waals surface area (Å²) in [6.07, 6.45) is 2.15. The third-order valence-corrected chi connectivity index (χ3v) is 4.87. The van der Waals surface area contributed by atoms with E-state index < -0.39 is 10.0 Å². The van der Waals surface area contributed by atoms with Gasteiger partial charge >= 0.3 is 0 Å². The van der Waals surface area contributed by atoms with Gasteiger partial charge in [0.15, 0.2) is 0 Å². The molecule has 1 aromatic rings. The van der Waals surface area contributed by atoms with Gasteiger partial charge in [0.25, 0.3) is 5.91 Å². The van der Waals surface area contributed by atoms with Crippen LogP contribution in [0.1, 0.15) is 30.1 Å². The molecule has 1 unspecified atom stereocenters. The number of halogens is 1. The molecule has 124 valence electrons. The Labute approximate surface area is 137 Å². The van der Waals surface area contributed by atoms with Crippen LogP contribution in [0.3, 0.4) is 0 Å². The molecule has 1 aromatic carbocycles. The van der Waals surface area contributed by atoms with E-state index in [1.165, 1.54) is 0 Å². The van der Waals surface area contributed by atoms with E-state index in [0.717, 1.165) is 12.8 Å². The molecule has 2 rings (SSSR count). The van der Waals surface area contributed by atoms with Gasteiger partial charge in [-0.15, -0.1) is 12.4 Å². The average molecular weight is 348 g/mol. The number of rotatable bonds is 7. The van der Waals surface area contributed by atoms with E-state index in [2.05, 4.69) is 10.0 Å². The van der Waals surface area contributed by atoms with Crippen LogP contribution in [-0.2, 0) is 10.0 Å². The topological polar surface area (TPSA) is 101 Å². The third-order valence-electron chi connectivity index (χ3n) is 3.58.